The first-order valence-corrected chi connectivity index (χ1v) is 5.32. The molecule has 1 aliphatic rings. The number of alkyl halides is 3. The Kier molecular flexibility index (Phi) is 3.99. The van der Waals surface area contributed by atoms with Crippen molar-refractivity contribution in [3.05, 3.63) is 12.7 Å². The topological polar surface area (TPSA) is 20.3 Å². The molecule has 5 heteroatoms. The van der Waals surface area contributed by atoms with Crippen LogP contribution in [0, 0.1) is 5.92 Å². The van der Waals surface area contributed by atoms with Gasteiger partial charge in [0.05, 0.1) is 5.92 Å². The molecule has 0 atom stereocenters. The summed E-state index contributed by atoms with van der Waals surface area (Å²) in [6, 6.07) is -0.0795. The summed E-state index contributed by atoms with van der Waals surface area (Å²) in [6.45, 7) is 3.36. The standard InChI is InChI=1S/C11H16F3NO/c1-3-10(16)15(2)9-6-4-8(5-7-9)11(12,13)14/h3,8-9H,1,4-7H2,2H3. The van der Waals surface area contributed by atoms with Crippen LogP contribution in [0.3, 0.4) is 0 Å². The molecule has 1 saturated carbocycles. The van der Waals surface area contributed by atoms with Gasteiger partial charge in [-0.3, -0.25) is 4.79 Å². The van der Waals surface area contributed by atoms with Crippen molar-refractivity contribution in [3.8, 4) is 0 Å². The van der Waals surface area contributed by atoms with E-state index in [9.17, 15) is 18.0 Å². The van der Waals surface area contributed by atoms with Crippen LogP contribution >= 0.6 is 0 Å². The number of halogens is 3. The summed E-state index contributed by atoms with van der Waals surface area (Å²) in [5, 5.41) is 0. The highest BCUT2D eigenvalue weighted by Gasteiger charge is 2.42. The zero-order chi connectivity index (χ0) is 12.3. The molecule has 16 heavy (non-hydrogen) atoms. The summed E-state index contributed by atoms with van der Waals surface area (Å²) in [5.74, 6) is -1.42. The lowest BCUT2D eigenvalue weighted by Gasteiger charge is -2.34. The van der Waals surface area contributed by atoms with Crippen molar-refractivity contribution in [1.29, 1.82) is 0 Å². The van der Waals surface area contributed by atoms with Gasteiger partial charge in [-0.05, 0) is 31.8 Å². The average molecular weight is 235 g/mol. The van der Waals surface area contributed by atoms with Crippen LogP contribution in [-0.2, 0) is 4.79 Å². The monoisotopic (exact) mass is 235 g/mol. The molecule has 0 spiro atoms. The zero-order valence-corrected chi connectivity index (χ0v) is 9.26. The van der Waals surface area contributed by atoms with Crippen LogP contribution in [0.2, 0.25) is 0 Å². The van der Waals surface area contributed by atoms with E-state index in [0.717, 1.165) is 0 Å². The van der Waals surface area contributed by atoms with Crippen molar-refractivity contribution in [2.75, 3.05) is 7.05 Å². The van der Waals surface area contributed by atoms with Gasteiger partial charge in [0.1, 0.15) is 0 Å². The van der Waals surface area contributed by atoms with Gasteiger partial charge in [0.15, 0.2) is 0 Å². The van der Waals surface area contributed by atoms with Crippen LogP contribution in [0.5, 0.6) is 0 Å². The smallest absolute Gasteiger partial charge is 0.339 e. The van der Waals surface area contributed by atoms with E-state index in [1.807, 2.05) is 0 Å². The Bertz CT molecular complexity index is 267. The summed E-state index contributed by atoms with van der Waals surface area (Å²) in [7, 11) is 1.61. The summed E-state index contributed by atoms with van der Waals surface area (Å²) < 4.78 is 37.2. The fourth-order valence-electron chi connectivity index (χ4n) is 2.11. The Morgan fingerprint density at radius 2 is 1.81 bits per heavy atom. The normalized spacial score (nSPS) is 26.2. The summed E-state index contributed by atoms with van der Waals surface area (Å²) in [4.78, 5) is 12.8. The molecular weight excluding hydrogens is 219 g/mol. The molecule has 1 fully saturated rings. The van der Waals surface area contributed by atoms with Gasteiger partial charge in [-0.2, -0.15) is 13.2 Å². The van der Waals surface area contributed by atoms with Crippen molar-refractivity contribution < 1.29 is 18.0 Å². The Hall–Kier alpha value is -1.00. The maximum Gasteiger partial charge on any atom is 0.391 e. The first-order chi connectivity index (χ1) is 7.36. The van der Waals surface area contributed by atoms with Crippen molar-refractivity contribution in [2.24, 2.45) is 5.92 Å². The number of rotatable bonds is 2. The average Bonchev–Trinajstić information content (AvgIpc) is 2.26. The maximum absolute atomic E-state index is 12.4. The predicted molar refractivity (Wildman–Crippen MR) is 54.8 cm³/mol. The molecule has 0 radical (unpaired) electrons. The SMILES string of the molecule is C=CC(=O)N(C)C1CCC(C(F)(F)F)CC1. The van der Waals surface area contributed by atoms with Gasteiger partial charge in [0.2, 0.25) is 5.91 Å². The fraction of sp³-hybridized carbons (Fsp3) is 0.727. The third-order valence-corrected chi connectivity index (χ3v) is 3.23. The second-order valence-corrected chi connectivity index (χ2v) is 4.20. The number of carbonyl (C=O) groups is 1. The van der Waals surface area contributed by atoms with E-state index in [2.05, 4.69) is 6.58 Å². The lowest BCUT2D eigenvalue weighted by Crippen LogP contribution is -2.40. The van der Waals surface area contributed by atoms with E-state index in [1.54, 1.807) is 7.05 Å². The van der Waals surface area contributed by atoms with E-state index in [1.165, 1.54) is 11.0 Å². The van der Waals surface area contributed by atoms with Crippen LogP contribution in [0.15, 0.2) is 12.7 Å². The van der Waals surface area contributed by atoms with E-state index >= 15 is 0 Å². The van der Waals surface area contributed by atoms with Crippen LogP contribution in [0.4, 0.5) is 13.2 Å². The third-order valence-electron chi connectivity index (χ3n) is 3.23. The second-order valence-electron chi connectivity index (χ2n) is 4.20. The van der Waals surface area contributed by atoms with E-state index < -0.39 is 12.1 Å². The van der Waals surface area contributed by atoms with Gasteiger partial charge in [-0.1, -0.05) is 6.58 Å². The molecule has 0 aromatic carbocycles. The summed E-state index contributed by atoms with van der Waals surface area (Å²) >= 11 is 0. The minimum atomic E-state index is -4.09. The number of hydrogen-bond acceptors (Lipinski definition) is 1. The number of amides is 1. The van der Waals surface area contributed by atoms with E-state index in [-0.39, 0.29) is 24.8 Å². The van der Waals surface area contributed by atoms with Crippen molar-refractivity contribution >= 4 is 5.91 Å². The molecule has 2 nitrogen and oxygen atoms in total. The van der Waals surface area contributed by atoms with Crippen molar-refractivity contribution in [1.82, 2.24) is 4.90 Å². The number of carbonyl (C=O) groups excluding carboxylic acids is 1. The van der Waals surface area contributed by atoms with E-state index in [0.29, 0.717) is 12.8 Å². The van der Waals surface area contributed by atoms with Crippen LogP contribution in [0.1, 0.15) is 25.7 Å². The first kappa shape index (κ1) is 13.1. The van der Waals surface area contributed by atoms with Crippen LogP contribution < -0.4 is 0 Å². The minimum absolute atomic E-state index is 0.0795. The Labute approximate surface area is 93.1 Å². The number of nitrogens with zero attached hydrogens (tertiary/aromatic N) is 1. The van der Waals surface area contributed by atoms with Crippen molar-refractivity contribution in [3.63, 3.8) is 0 Å². The van der Waals surface area contributed by atoms with Gasteiger partial charge in [0, 0.05) is 13.1 Å². The molecule has 0 unspecified atom stereocenters. The molecule has 0 aliphatic heterocycles. The fourth-order valence-corrected chi connectivity index (χ4v) is 2.11. The molecule has 0 bridgehead atoms. The Balaban J connectivity index is 2.49. The van der Waals surface area contributed by atoms with Gasteiger partial charge in [-0.15, -0.1) is 0 Å². The summed E-state index contributed by atoms with van der Waals surface area (Å²) in [5.41, 5.74) is 0. The summed E-state index contributed by atoms with van der Waals surface area (Å²) in [6.07, 6.45) is -1.84. The maximum atomic E-state index is 12.4. The van der Waals surface area contributed by atoms with Gasteiger partial charge >= 0.3 is 6.18 Å². The van der Waals surface area contributed by atoms with Gasteiger partial charge < -0.3 is 4.90 Å². The molecular formula is C11H16F3NO. The molecule has 0 aromatic rings. The second kappa shape index (κ2) is 4.89. The first-order valence-electron chi connectivity index (χ1n) is 5.32. The van der Waals surface area contributed by atoms with Crippen LogP contribution in [-0.4, -0.2) is 30.1 Å². The highest BCUT2D eigenvalue weighted by atomic mass is 19.4. The van der Waals surface area contributed by atoms with E-state index in [4.69, 9.17) is 0 Å². The third kappa shape index (κ3) is 3.00. The molecule has 0 N–H and O–H groups in total. The predicted octanol–water partition coefficient (Wildman–Crippen LogP) is 2.75. The lowest BCUT2D eigenvalue weighted by molar-refractivity contribution is -0.184. The molecule has 1 rings (SSSR count). The molecule has 1 aliphatic carbocycles. The highest BCUT2D eigenvalue weighted by molar-refractivity contribution is 5.87. The largest absolute Gasteiger partial charge is 0.391 e. The minimum Gasteiger partial charge on any atom is -0.339 e. The Morgan fingerprint density at radius 1 is 1.31 bits per heavy atom. The molecule has 0 saturated heterocycles. The quantitative estimate of drug-likeness (QED) is 0.674. The lowest BCUT2D eigenvalue weighted by atomic mass is 9.85. The molecule has 0 aromatic heterocycles. The zero-order valence-electron chi connectivity index (χ0n) is 9.26. The highest BCUT2D eigenvalue weighted by Crippen LogP contribution is 2.38. The molecule has 92 valence electrons. The van der Waals surface area contributed by atoms with Gasteiger partial charge in [0.25, 0.3) is 0 Å². The van der Waals surface area contributed by atoms with Crippen molar-refractivity contribution in [2.45, 2.75) is 37.9 Å². The van der Waals surface area contributed by atoms with Crippen LogP contribution in [0.25, 0.3) is 0 Å². The molecule has 0 heterocycles. The number of hydrogen-bond donors (Lipinski definition) is 0. The van der Waals surface area contributed by atoms with Gasteiger partial charge in [-0.25, -0.2) is 0 Å². The Morgan fingerprint density at radius 3 is 2.19 bits per heavy atom. The number of likely N-dealkylation sites (N-methyl/N-ethyl adjacent to an activating group) is 1. The molecule has 1 amide bonds.